The number of nitrogen functional groups attached to an aromatic ring is 1. The molecule has 2 nitrogen and oxygen atoms in total. The lowest BCUT2D eigenvalue weighted by molar-refractivity contribution is 0.414. The van der Waals surface area contributed by atoms with Crippen molar-refractivity contribution in [3.63, 3.8) is 0 Å². The second-order valence-electron chi connectivity index (χ2n) is 5.04. The lowest BCUT2D eigenvalue weighted by atomic mass is 9.85. The number of methoxy groups -OCH3 is 1. The van der Waals surface area contributed by atoms with E-state index < -0.39 is 0 Å². The van der Waals surface area contributed by atoms with Crippen LogP contribution < -0.4 is 10.5 Å². The van der Waals surface area contributed by atoms with E-state index in [2.05, 4.69) is 6.07 Å². The van der Waals surface area contributed by atoms with Crippen molar-refractivity contribution in [2.45, 2.75) is 50.9 Å². The van der Waals surface area contributed by atoms with Crippen LogP contribution in [0.5, 0.6) is 5.75 Å². The second-order valence-corrected chi connectivity index (χ2v) is 5.04. The van der Waals surface area contributed by atoms with E-state index in [4.69, 9.17) is 10.5 Å². The molecule has 17 heavy (non-hydrogen) atoms. The topological polar surface area (TPSA) is 35.2 Å². The summed E-state index contributed by atoms with van der Waals surface area (Å²) in [6, 6.07) is 6.14. The van der Waals surface area contributed by atoms with Gasteiger partial charge in [-0.2, -0.15) is 0 Å². The molecule has 0 aliphatic heterocycles. The summed E-state index contributed by atoms with van der Waals surface area (Å²) in [7, 11) is 1.68. The molecule has 0 aromatic heterocycles. The normalized spacial score (nSPS) is 18.4. The molecule has 0 spiro atoms. The molecule has 0 unspecified atom stereocenters. The summed E-state index contributed by atoms with van der Waals surface area (Å²) < 4.78 is 5.20. The van der Waals surface area contributed by atoms with E-state index in [1.54, 1.807) is 7.11 Å². The highest BCUT2D eigenvalue weighted by molar-refractivity contribution is 5.53. The highest BCUT2D eigenvalue weighted by atomic mass is 16.5. The zero-order valence-corrected chi connectivity index (χ0v) is 10.7. The van der Waals surface area contributed by atoms with Gasteiger partial charge in [-0.25, -0.2) is 0 Å². The van der Waals surface area contributed by atoms with Crippen molar-refractivity contribution in [1.82, 2.24) is 0 Å². The number of benzene rings is 1. The van der Waals surface area contributed by atoms with Crippen LogP contribution in [0, 0.1) is 0 Å². The highest BCUT2D eigenvalue weighted by Crippen LogP contribution is 2.35. The van der Waals surface area contributed by atoms with E-state index in [1.807, 2.05) is 12.1 Å². The minimum absolute atomic E-state index is 0.654. The molecule has 2 N–H and O–H groups in total. The van der Waals surface area contributed by atoms with Gasteiger partial charge < -0.3 is 10.5 Å². The van der Waals surface area contributed by atoms with E-state index in [-0.39, 0.29) is 0 Å². The Kier molecular flexibility index (Phi) is 4.29. The second kappa shape index (κ2) is 5.95. The average Bonchev–Trinajstić information content (AvgIpc) is 2.29. The summed E-state index contributed by atoms with van der Waals surface area (Å²) in [5, 5.41) is 0. The Bertz CT molecular complexity index is 354. The summed E-state index contributed by atoms with van der Waals surface area (Å²) in [6.45, 7) is 0. The van der Waals surface area contributed by atoms with Crippen LogP contribution >= 0.6 is 0 Å². The zero-order chi connectivity index (χ0) is 12.1. The van der Waals surface area contributed by atoms with Gasteiger partial charge in [0.25, 0.3) is 0 Å². The molecule has 0 atom stereocenters. The Labute approximate surface area is 104 Å². The zero-order valence-electron chi connectivity index (χ0n) is 10.7. The first-order valence-corrected chi connectivity index (χ1v) is 6.74. The molecule has 1 saturated carbocycles. The Balaban J connectivity index is 2.13. The lowest BCUT2D eigenvalue weighted by Crippen LogP contribution is -2.05. The standard InChI is InChI=1S/C15H23NO/c1-17-13-9-10-14(15(16)11-13)12-7-5-3-2-4-6-8-12/h9-12H,2-8,16H2,1H3. The molecule has 1 aliphatic carbocycles. The Morgan fingerprint density at radius 2 is 1.71 bits per heavy atom. The van der Waals surface area contributed by atoms with Gasteiger partial charge in [0.05, 0.1) is 7.11 Å². The van der Waals surface area contributed by atoms with Crippen LogP contribution in [0.4, 0.5) is 5.69 Å². The Morgan fingerprint density at radius 1 is 1.06 bits per heavy atom. The highest BCUT2D eigenvalue weighted by Gasteiger charge is 2.16. The van der Waals surface area contributed by atoms with Crippen molar-refractivity contribution < 1.29 is 4.74 Å². The van der Waals surface area contributed by atoms with Gasteiger partial charge in [-0.15, -0.1) is 0 Å². The maximum Gasteiger partial charge on any atom is 0.120 e. The van der Waals surface area contributed by atoms with Gasteiger partial charge in [-0.05, 0) is 30.4 Å². The summed E-state index contributed by atoms with van der Waals surface area (Å²) >= 11 is 0. The van der Waals surface area contributed by atoms with Gasteiger partial charge in [0.15, 0.2) is 0 Å². The fourth-order valence-corrected chi connectivity index (χ4v) is 2.82. The van der Waals surface area contributed by atoms with Crippen molar-refractivity contribution in [2.75, 3.05) is 12.8 Å². The van der Waals surface area contributed by atoms with Gasteiger partial charge >= 0.3 is 0 Å². The summed E-state index contributed by atoms with van der Waals surface area (Å²) in [4.78, 5) is 0. The number of anilines is 1. The lowest BCUT2D eigenvalue weighted by Gasteiger charge is -2.21. The minimum atomic E-state index is 0.654. The van der Waals surface area contributed by atoms with Gasteiger partial charge in [0.2, 0.25) is 0 Å². The van der Waals surface area contributed by atoms with Crippen LogP contribution in [0.2, 0.25) is 0 Å². The number of nitrogens with two attached hydrogens (primary N) is 1. The molecule has 0 heterocycles. The quantitative estimate of drug-likeness (QED) is 0.780. The van der Waals surface area contributed by atoms with Gasteiger partial charge in [-0.1, -0.05) is 38.2 Å². The van der Waals surface area contributed by atoms with Crippen molar-refractivity contribution in [3.8, 4) is 5.75 Å². The van der Waals surface area contributed by atoms with Crippen molar-refractivity contribution in [3.05, 3.63) is 23.8 Å². The smallest absolute Gasteiger partial charge is 0.120 e. The number of ether oxygens (including phenoxy) is 1. The van der Waals surface area contributed by atoms with E-state index in [1.165, 1.54) is 50.5 Å². The Morgan fingerprint density at radius 3 is 2.29 bits per heavy atom. The fraction of sp³-hybridized carbons (Fsp3) is 0.600. The molecule has 1 aromatic carbocycles. The molecule has 1 fully saturated rings. The van der Waals surface area contributed by atoms with E-state index >= 15 is 0 Å². The van der Waals surface area contributed by atoms with Crippen LogP contribution in [-0.4, -0.2) is 7.11 Å². The fourth-order valence-electron chi connectivity index (χ4n) is 2.82. The molecule has 1 aromatic rings. The maximum absolute atomic E-state index is 6.14. The van der Waals surface area contributed by atoms with E-state index in [9.17, 15) is 0 Å². The van der Waals surface area contributed by atoms with Crippen LogP contribution in [0.25, 0.3) is 0 Å². The van der Waals surface area contributed by atoms with Crippen molar-refractivity contribution >= 4 is 5.69 Å². The molecule has 1 aliphatic rings. The molecule has 2 rings (SSSR count). The Hall–Kier alpha value is -1.18. The molecule has 0 radical (unpaired) electrons. The van der Waals surface area contributed by atoms with Gasteiger partial charge in [-0.3, -0.25) is 0 Å². The molecule has 2 heteroatoms. The van der Waals surface area contributed by atoms with Crippen LogP contribution in [0.3, 0.4) is 0 Å². The van der Waals surface area contributed by atoms with Crippen LogP contribution in [0.15, 0.2) is 18.2 Å². The average molecular weight is 233 g/mol. The van der Waals surface area contributed by atoms with Crippen molar-refractivity contribution in [1.29, 1.82) is 0 Å². The van der Waals surface area contributed by atoms with Crippen LogP contribution in [0.1, 0.15) is 56.4 Å². The molecule has 94 valence electrons. The third-order valence-corrected chi connectivity index (χ3v) is 3.84. The molecular weight excluding hydrogens is 210 g/mol. The summed E-state index contributed by atoms with van der Waals surface area (Å²) in [5.74, 6) is 1.51. The minimum Gasteiger partial charge on any atom is -0.497 e. The summed E-state index contributed by atoms with van der Waals surface area (Å²) in [6.07, 6.45) is 9.43. The number of hydrogen-bond acceptors (Lipinski definition) is 2. The van der Waals surface area contributed by atoms with E-state index in [0.29, 0.717) is 5.92 Å². The maximum atomic E-state index is 6.14. The molecular formula is C15H23NO. The largest absolute Gasteiger partial charge is 0.497 e. The predicted octanol–water partition coefficient (Wildman–Crippen LogP) is 4.11. The van der Waals surface area contributed by atoms with Gasteiger partial charge in [0.1, 0.15) is 5.75 Å². The van der Waals surface area contributed by atoms with Crippen molar-refractivity contribution in [2.24, 2.45) is 0 Å². The summed E-state index contributed by atoms with van der Waals surface area (Å²) in [5.41, 5.74) is 8.36. The third kappa shape index (κ3) is 3.15. The predicted molar refractivity (Wildman–Crippen MR) is 72.5 cm³/mol. The number of hydrogen-bond donors (Lipinski definition) is 1. The monoisotopic (exact) mass is 233 g/mol. The molecule has 0 amide bonds. The first-order valence-electron chi connectivity index (χ1n) is 6.74. The first-order chi connectivity index (χ1) is 8.31. The SMILES string of the molecule is COc1ccc(C2CCCCCCC2)c(N)c1. The van der Waals surface area contributed by atoms with Crippen LogP contribution in [-0.2, 0) is 0 Å². The van der Waals surface area contributed by atoms with E-state index in [0.717, 1.165) is 11.4 Å². The van der Waals surface area contributed by atoms with Gasteiger partial charge in [0, 0.05) is 11.8 Å². The third-order valence-electron chi connectivity index (χ3n) is 3.84. The first kappa shape index (κ1) is 12.3. The number of rotatable bonds is 2. The molecule has 0 saturated heterocycles. The molecule has 0 bridgehead atoms.